The van der Waals surface area contributed by atoms with E-state index in [-0.39, 0.29) is 5.79 Å². The Balaban J connectivity index is 2.10. The molecule has 2 nitrogen and oxygen atoms in total. The monoisotopic (exact) mass is 212 g/mol. The van der Waals surface area contributed by atoms with E-state index in [9.17, 15) is 0 Å². The Kier molecular flexibility index (Phi) is 2.58. The van der Waals surface area contributed by atoms with Crippen molar-refractivity contribution in [2.24, 2.45) is 0 Å². The second kappa shape index (κ2) is 3.47. The lowest BCUT2D eigenvalue weighted by atomic mass is 10.1. The minimum absolute atomic E-state index is 0.291. The van der Waals surface area contributed by atoms with Crippen LogP contribution < -0.4 is 0 Å². The molecule has 0 amide bonds. The van der Waals surface area contributed by atoms with Crippen molar-refractivity contribution in [2.75, 3.05) is 13.2 Å². The van der Waals surface area contributed by atoms with Crippen LogP contribution in [0.3, 0.4) is 0 Å². The summed E-state index contributed by atoms with van der Waals surface area (Å²) in [6.45, 7) is 8.73. The van der Waals surface area contributed by atoms with Crippen LogP contribution in [0.2, 0.25) is 25.7 Å². The number of allylic oxidation sites excluding steroid dienone is 1. The summed E-state index contributed by atoms with van der Waals surface area (Å²) in [6, 6.07) is 1.22. The maximum absolute atomic E-state index is 5.79. The lowest BCUT2D eigenvalue weighted by Crippen LogP contribution is -2.33. The molecule has 0 radical (unpaired) electrons. The Labute approximate surface area is 87.3 Å². The summed E-state index contributed by atoms with van der Waals surface area (Å²) >= 11 is 0. The van der Waals surface area contributed by atoms with E-state index < -0.39 is 8.07 Å². The summed E-state index contributed by atoms with van der Waals surface area (Å²) in [4.78, 5) is 0. The van der Waals surface area contributed by atoms with Crippen LogP contribution in [-0.4, -0.2) is 27.1 Å². The first kappa shape index (κ1) is 10.4. The Morgan fingerprint density at radius 1 is 1.29 bits per heavy atom. The van der Waals surface area contributed by atoms with Gasteiger partial charge in [0.1, 0.15) is 0 Å². The summed E-state index contributed by atoms with van der Waals surface area (Å²) < 4.78 is 11.6. The van der Waals surface area contributed by atoms with E-state index in [1.165, 1.54) is 11.6 Å². The van der Waals surface area contributed by atoms with Gasteiger partial charge in [0.15, 0.2) is 5.79 Å². The van der Waals surface area contributed by atoms with Crippen LogP contribution in [0, 0.1) is 0 Å². The van der Waals surface area contributed by atoms with Gasteiger partial charge in [-0.25, -0.2) is 0 Å². The standard InChI is InChI=1S/C11H20O2Si/c1-14(2,3)9-10-5-4-6-11(10)12-7-8-13-11/h5H,4,6-9H2,1-3H3. The van der Waals surface area contributed by atoms with Gasteiger partial charge in [-0.1, -0.05) is 25.7 Å². The molecule has 1 fully saturated rings. The molecule has 0 aromatic heterocycles. The van der Waals surface area contributed by atoms with Gasteiger partial charge < -0.3 is 9.47 Å². The van der Waals surface area contributed by atoms with Crippen LogP contribution in [0.5, 0.6) is 0 Å². The van der Waals surface area contributed by atoms with E-state index in [1.807, 2.05) is 0 Å². The molecule has 14 heavy (non-hydrogen) atoms. The normalized spacial score (nSPS) is 25.8. The van der Waals surface area contributed by atoms with Crippen LogP contribution in [0.15, 0.2) is 11.6 Å². The Morgan fingerprint density at radius 2 is 1.93 bits per heavy atom. The largest absolute Gasteiger partial charge is 0.344 e. The molecule has 0 aromatic carbocycles. The van der Waals surface area contributed by atoms with Gasteiger partial charge in [0.05, 0.1) is 13.2 Å². The highest BCUT2D eigenvalue weighted by Gasteiger charge is 2.43. The average molecular weight is 212 g/mol. The van der Waals surface area contributed by atoms with Gasteiger partial charge in [0.25, 0.3) is 0 Å². The van der Waals surface area contributed by atoms with Crippen molar-refractivity contribution in [3.63, 3.8) is 0 Å². The first-order chi connectivity index (χ1) is 6.52. The second-order valence-corrected chi connectivity index (χ2v) is 10.9. The molecule has 2 aliphatic rings. The number of rotatable bonds is 2. The van der Waals surface area contributed by atoms with Gasteiger partial charge in [-0.2, -0.15) is 0 Å². The third kappa shape index (κ3) is 1.95. The molecule has 1 aliphatic carbocycles. The fraction of sp³-hybridized carbons (Fsp3) is 0.818. The molecule has 80 valence electrons. The molecule has 2 rings (SSSR count). The molecular weight excluding hydrogens is 192 g/mol. The van der Waals surface area contributed by atoms with E-state index in [2.05, 4.69) is 25.7 Å². The van der Waals surface area contributed by atoms with E-state index >= 15 is 0 Å². The number of ether oxygens (including phenoxy) is 2. The summed E-state index contributed by atoms with van der Waals surface area (Å²) in [5.74, 6) is -0.291. The van der Waals surface area contributed by atoms with Crippen molar-refractivity contribution in [3.8, 4) is 0 Å². The quantitative estimate of drug-likeness (QED) is 0.517. The van der Waals surface area contributed by atoms with E-state index in [4.69, 9.17) is 9.47 Å². The molecule has 0 N–H and O–H groups in total. The molecule has 1 aliphatic heterocycles. The minimum Gasteiger partial charge on any atom is -0.344 e. The van der Waals surface area contributed by atoms with Gasteiger partial charge in [-0.3, -0.25) is 0 Å². The smallest absolute Gasteiger partial charge is 0.190 e. The summed E-state index contributed by atoms with van der Waals surface area (Å²) in [5, 5.41) is 0. The summed E-state index contributed by atoms with van der Waals surface area (Å²) in [7, 11) is -1.04. The maximum Gasteiger partial charge on any atom is 0.190 e. The first-order valence-electron chi connectivity index (χ1n) is 5.49. The lowest BCUT2D eigenvalue weighted by molar-refractivity contribution is -0.123. The molecule has 3 heteroatoms. The topological polar surface area (TPSA) is 18.5 Å². The number of hydrogen-bond donors (Lipinski definition) is 0. The predicted molar refractivity (Wildman–Crippen MR) is 60.1 cm³/mol. The van der Waals surface area contributed by atoms with Crippen molar-refractivity contribution in [1.29, 1.82) is 0 Å². The van der Waals surface area contributed by atoms with Gasteiger partial charge in [0.2, 0.25) is 0 Å². The molecule has 1 saturated heterocycles. The minimum atomic E-state index is -1.04. The molecule has 0 aromatic rings. The highest BCUT2D eigenvalue weighted by Crippen LogP contribution is 2.41. The molecule has 0 bridgehead atoms. The van der Waals surface area contributed by atoms with Crippen molar-refractivity contribution in [1.82, 2.24) is 0 Å². The molecule has 0 unspecified atom stereocenters. The zero-order valence-electron chi connectivity index (χ0n) is 9.43. The van der Waals surface area contributed by atoms with Crippen LogP contribution in [-0.2, 0) is 9.47 Å². The first-order valence-corrected chi connectivity index (χ1v) is 9.20. The predicted octanol–water partition coefficient (Wildman–Crippen LogP) is 2.79. The zero-order chi connectivity index (χ0) is 10.2. The molecule has 1 heterocycles. The highest BCUT2D eigenvalue weighted by atomic mass is 28.3. The van der Waals surface area contributed by atoms with Crippen LogP contribution in [0.4, 0.5) is 0 Å². The summed E-state index contributed by atoms with van der Waals surface area (Å²) in [5.41, 5.74) is 1.43. The lowest BCUT2D eigenvalue weighted by Gasteiger charge is -2.29. The number of hydrogen-bond acceptors (Lipinski definition) is 2. The third-order valence-corrected chi connectivity index (χ3v) is 4.27. The fourth-order valence-electron chi connectivity index (χ4n) is 2.32. The van der Waals surface area contributed by atoms with Crippen molar-refractivity contribution in [3.05, 3.63) is 11.6 Å². The Morgan fingerprint density at radius 3 is 2.50 bits per heavy atom. The van der Waals surface area contributed by atoms with Crippen LogP contribution in [0.1, 0.15) is 12.8 Å². The van der Waals surface area contributed by atoms with Gasteiger partial charge in [-0.15, -0.1) is 0 Å². The molecule has 0 atom stereocenters. The average Bonchev–Trinajstić information content (AvgIpc) is 2.62. The molecule has 1 spiro atoms. The van der Waals surface area contributed by atoms with Crippen molar-refractivity contribution in [2.45, 2.75) is 44.3 Å². The van der Waals surface area contributed by atoms with E-state index in [0.717, 1.165) is 26.1 Å². The fourth-order valence-corrected chi connectivity index (χ4v) is 3.87. The third-order valence-electron chi connectivity index (χ3n) is 2.83. The highest BCUT2D eigenvalue weighted by molar-refractivity contribution is 6.76. The Bertz CT molecular complexity index is 247. The van der Waals surface area contributed by atoms with Gasteiger partial charge in [-0.05, 0) is 18.0 Å². The van der Waals surface area contributed by atoms with E-state index in [0.29, 0.717) is 0 Å². The van der Waals surface area contributed by atoms with Gasteiger partial charge in [0, 0.05) is 14.5 Å². The summed E-state index contributed by atoms with van der Waals surface area (Å²) in [6.07, 6.45) is 4.50. The van der Waals surface area contributed by atoms with E-state index in [1.54, 1.807) is 0 Å². The van der Waals surface area contributed by atoms with Gasteiger partial charge >= 0.3 is 0 Å². The van der Waals surface area contributed by atoms with Crippen molar-refractivity contribution >= 4 is 8.07 Å². The molecular formula is C11H20O2Si. The SMILES string of the molecule is C[Si](C)(C)CC1=CCCC12OCCO2. The maximum atomic E-state index is 5.79. The Hall–Kier alpha value is -0.123. The second-order valence-electron chi connectivity index (χ2n) is 5.46. The van der Waals surface area contributed by atoms with Crippen LogP contribution >= 0.6 is 0 Å². The van der Waals surface area contributed by atoms with Crippen LogP contribution in [0.25, 0.3) is 0 Å². The van der Waals surface area contributed by atoms with Crippen molar-refractivity contribution < 1.29 is 9.47 Å². The zero-order valence-corrected chi connectivity index (χ0v) is 10.4. The molecule has 0 saturated carbocycles.